The van der Waals surface area contributed by atoms with Crippen LogP contribution in [-0.4, -0.2) is 116 Å². The molecule has 2 rings (SSSR count). The summed E-state index contributed by atoms with van der Waals surface area (Å²) in [7, 11) is 0. The molecule has 0 saturated carbocycles. The van der Waals surface area contributed by atoms with E-state index in [4.69, 9.17) is 18.9 Å². The molecule has 0 aromatic rings. The van der Waals surface area contributed by atoms with Gasteiger partial charge in [0, 0.05) is 6.42 Å². The number of esters is 1. The number of aliphatic hydroxyl groups is 7. The zero-order chi connectivity index (χ0) is 29.5. The summed E-state index contributed by atoms with van der Waals surface area (Å²) >= 11 is 0. The lowest BCUT2D eigenvalue weighted by Crippen LogP contribution is -2.65. The van der Waals surface area contributed by atoms with Crippen molar-refractivity contribution in [3.8, 4) is 0 Å². The Kier molecular flexibility index (Phi) is 17.0. The first-order valence-electron chi connectivity index (χ1n) is 15.0. The topological polar surface area (TPSA) is 196 Å². The van der Waals surface area contributed by atoms with Gasteiger partial charge in [0.05, 0.1) is 13.2 Å². The van der Waals surface area contributed by atoms with Gasteiger partial charge >= 0.3 is 5.97 Å². The molecule has 40 heavy (non-hydrogen) atoms. The maximum absolute atomic E-state index is 12.5. The highest BCUT2D eigenvalue weighted by molar-refractivity contribution is 5.69. The molecule has 0 bridgehead atoms. The van der Waals surface area contributed by atoms with Crippen molar-refractivity contribution >= 4 is 5.97 Å². The third-order valence-electron chi connectivity index (χ3n) is 7.70. The molecule has 2 fully saturated rings. The Morgan fingerprint density at radius 2 is 1.15 bits per heavy atom. The molecular weight excluding hydrogens is 528 g/mol. The van der Waals surface area contributed by atoms with E-state index in [-0.39, 0.29) is 6.42 Å². The first-order chi connectivity index (χ1) is 19.2. The summed E-state index contributed by atoms with van der Waals surface area (Å²) in [6, 6.07) is 0. The van der Waals surface area contributed by atoms with Crippen molar-refractivity contribution in [2.75, 3.05) is 13.2 Å². The maximum atomic E-state index is 12.5. The average molecular weight is 581 g/mol. The van der Waals surface area contributed by atoms with E-state index in [1.54, 1.807) is 0 Å². The molecule has 7 N–H and O–H groups in total. The van der Waals surface area contributed by atoms with Gasteiger partial charge in [-0.05, 0) is 6.42 Å². The van der Waals surface area contributed by atoms with E-state index in [9.17, 15) is 40.5 Å². The van der Waals surface area contributed by atoms with E-state index < -0.39 is 80.6 Å². The second-order valence-corrected chi connectivity index (χ2v) is 11.0. The number of aliphatic hydroxyl groups excluding tert-OH is 7. The summed E-state index contributed by atoms with van der Waals surface area (Å²) in [6.45, 7) is 0.841. The lowest BCUT2D eigenvalue weighted by molar-refractivity contribution is -0.355. The Morgan fingerprint density at radius 3 is 1.68 bits per heavy atom. The molecule has 2 aliphatic heterocycles. The van der Waals surface area contributed by atoms with Gasteiger partial charge < -0.3 is 54.7 Å². The van der Waals surface area contributed by atoms with E-state index in [1.807, 2.05) is 0 Å². The second-order valence-electron chi connectivity index (χ2n) is 11.0. The van der Waals surface area contributed by atoms with Gasteiger partial charge in [-0.3, -0.25) is 4.79 Å². The number of ether oxygens (including phenoxy) is 4. The summed E-state index contributed by atoms with van der Waals surface area (Å²) in [5.41, 5.74) is 0. The molecule has 236 valence electrons. The molecule has 0 amide bonds. The van der Waals surface area contributed by atoms with Crippen molar-refractivity contribution in [3.05, 3.63) is 0 Å². The summed E-state index contributed by atoms with van der Waals surface area (Å²) < 4.78 is 21.4. The minimum atomic E-state index is -1.77. The Balaban J connectivity index is 1.74. The highest BCUT2D eigenvalue weighted by atomic mass is 16.7. The average Bonchev–Trinajstić information content (AvgIpc) is 2.94. The lowest BCUT2D eigenvalue weighted by atomic mass is 9.97. The standard InChI is InChI=1S/C28H52O12/c1-2-3-4-5-6-7-8-9-10-11-12-13-14-15-20(31)39-26-21(32)18(16-29)38-28(24(26)35)40-25-19(17-30)37-27(36)23(34)22(25)33/h18-19,21-30,32-36H,2-17H2,1H3/t18-,19-,21+,22-,23-,24-,25-,26+,27?,28+/m1/s1. The number of carbonyl (C=O) groups excluding carboxylic acids is 1. The van der Waals surface area contributed by atoms with Crippen molar-refractivity contribution in [2.24, 2.45) is 0 Å². The molecule has 0 aromatic carbocycles. The monoisotopic (exact) mass is 580 g/mol. The van der Waals surface area contributed by atoms with Crippen molar-refractivity contribution < 1.29 is 59.5 Å². The van der Waals surface area contributed by atoms with Crippen molar-refractivity contribution in [2.45, 2.75) is 158 Å². The van der Waals surface area contributed by atoms with Crippen LogP contribution in [0.5, 0.6) is 0 Å². The Labute approximate surface area is 237 Å². The fourth-order valence-electron chi connectivity index (χ4n) is 5.19. The molecule has 0 spiro atoms. The molecule has 1 unspecified atom stereocenters. The van der Waals surface area contributed by atoms with Gasteiger partial charge in [-0.1, -0.05) is 84.0 Å². The normalized spacial score (nSPS) is 34.6. The van der Waals surface area contributed by atoms with Crippen LogP contribution in [0.4, 0.5) is 0 Å². The van der Waals surface area contributed by atoms with Gasteiger partial charge in [0.1, 0.15) is 42.7 Å². The number of unbranched alkanes of at least 4 members (excludes halogenated alkanes) is 12. The van der Waals surface area contributed by atoms with E-state index >= 15 is 0 Å². The second kappa shape index (κ2) is 19.3. The third kappa shape index (κ3) is 11.0. The predicted molar refractivity (Wildman–Crippen MR) is 143 cm³/mol. The van der Waals surface area contributed by atoms with E-state index in [0.717, 1.165) is 19.3 Å². The number of rotatable bonds is 19. The van der Waals surface area contributed by atoms with Crippen LogP contribution < -0.4 is 0 Å². The Morgan fingerprint density at radius 1 is 0.625 bits per heavy atom. The molecule has 12 nitrogen and oxygen atoms in total. The first kappa shape index (κ1) is 35.3. The lowest BCUT2D eigenvalue weighted by Gasteiger charge is -2.45. The largest absolute Gasteiger partial charge is 0.456 e. The molecule has 0 aliphatic carbocycles. The van der Waals surface area contributed by atoms with Crippen LogP contribution in [0.2, 0.25) is 0 Å². The van der Waals surface area contributed by atoms with Crippen LogP contribution in [-0.2, 0) is 23.7 Å². The predicted octanol–water partition coefficient (Wildman–Crippen LogP) is 0.635. The van der Waals surface area contributed by atoms with E-state index in [1.165, 1.54) is 57.8 Å². The van der Waals surface area contributed by atoms with Crippen LogP contribution in [0, 0.1) is 0 Å². The van der Waals surface area contributed by atoms with Gasteiger partial charge in [0.15, 0.2) is 18.7 Å². The van der Waals surface area contributed by atoms with Crippen LogP contribution in [0.15, 0.2) is 0 Å². The summed E-state index contributed by atoms with van der Waals surface area (Å²) in [6.07, 6.45) is -0.420. The minimum Gasteiger partial charge on any atom is -0.456 e. The molecule has 12 heteroatoms. The molecule has 10 atom stereocenters. The van der Waals surface area contributed by atoms with Crippen LogP contribution in [0.25, 0.3) is 0 Å². The zero-order valence-electron chi connectivity index (χ0n) is 23.8. The van der Waals surface area contributed by atoms with Crippen LogP contribution in [0.3, 0.4) is 0 Å². The first-order valence-corrected chi connectivity index (χ1v) is 15.0. The summed E-state index contributed by atoms with van der Waals surface area (Å²) in [5.74, 6) is -0.628. The smallest absolute Gasteiger partial charge is 0.306 e. The number of hydrogen-bond donors (Lipinski definition) is 7. The SMILES string of the molecule is CCCCCCCCCCCCCCCC(=O)O[C@H]1[C@@H](O)[C@@H](CO)O[C@@H](O[C@H]2[C@H](O)[C@@H](O)C(O)O[C@@H]2CO)[C@@H]1O. The van der Waals surface area contributed by atoms with Gasteiger partial charge in [0.25, 0.3) is 0 Å². The molecule has 0 radical (unpaired) electrons. The van der Waals surface area contributed by atoms with Gasteiger partial charge in [0.2, 0.25) is 0 Å². The summed E-state index contributed by atoms with van der Waals surface area (Å²) in [5, 5.41) is 70.4. The zero-order valence-corrected chi connectivity index (χ0v) is 23.8. The van der Waals surface area contributed by atoms with Gasteiger partial charge in [-0.25, -0.2) is 0 Å². The molecule has 2 saturated heterocycles. The highest BCUT2D eigenvalue weighted by Gasteiger charge is 2.51. The molecule has 2 heterocycles. The van der Waals surface area contributed by atoms with Crippen LogP contribution >= 0.6 is 0 Å². The maximum Gasteiger partial charge on any atom is 0.306 e. The number of hydrogen-bond acceptors (Lipinski definition) is 12. The fourth-order valence-corrected chi connectivity index (χ4v) is 5.19. The third-order valence-corrected chi connectivity index (χ3v) is 7.70. The number of carbonyl (C=O) groups is 1. The Bertz CT molecular complexity index is 680. The van der Waals surface area contributed by atoms with Crippen LogP contribution in [0.1, 0.15) is 96.8 Å². The van der Waals surface area contributed by atoms with E-state index in [0.29, 0.717) is 6.42 Å². The van der Waals surface area contributed by atoms with Gasteiger partial charge in [-0.2, -0.15) is 0 Å². The summed E-state index contributed by atoms with van der Waals surface area (Å²) in [4.78, 5) is 12.5. The van der Waals surface area contributed by atoms with Gasteiger partial charge in [-0.15, -0.1) is 0 Å². The van der Waals surface area contributed by atoms with E-state index in [2.05, 4.69) is 6.92 Å². The fraction of sp³-hybridized carbons (Fsp3) is 0.964. The van der Waals surface area contributed by atoms with Crippen molar-refractivity contribution in [1.82, 2.24) is 0 Å². The minimum absolute atomic E-state index is 0.0930. The van der Waals surface area contributed by atoms with Crippen molar-refractivity contribution in [1.29, 1.82) is 0 Å². The molecule has 2 aliphatic rings. The molecule has 0 aromatic heterocycles. The molecular formula is C28H52O12. The quantitative estimate of drug-likeness (QED) is 0.0833. The Hall–Kier alpha value is -0.930. The highest BCUT2D eigenvalue weighted by Crippen LogP contribution is 2.30. The van der Waals surface area contributed by atoms with Crippen molar-refractivity contribution in [3.63, 3.8) is 0 Å².